The number of anilines is 1. The third kappa shape index (κ3) is 2.95. The number of hydrogen-bond acceptors (Lipinski definition) is 4. The Kier molecular flexibility index (Phi) is 3.97. The van der Waals surface area contributed by atoms with Crippen molar-refractivity contribution in [3.8, 4) is 5.88 Å². The average Bonchev–Trinajstić information content (AvgIpc) is 2.47. The number of rotatable bonds is 3. The van der Waals surface area contributed by atoms with Crippen LogP contribution in [-0.2, 0) is 0 Å². The molecule has 112 valence electrons. The van der Waals surface area contributed by atoms with Crippen molar-refractivity contribution < 1.29 is 4.74 Å². The molecule has 0 amide bonds. The van der Waals surface area contributed by atoms with E-state index in [1.165, 1.54) is 11.1 Å². The van der Waals surface area contributed by atoms with E-state index in [2.05, 4.69) is 46.1 Å². The van der Waals surface area contributed by atoms with Crippen LogP contribution < -0.4 is 9.64 Å². The lowest BCUT2D eigenvalue weighted by Crippen LogP contribution is -2.44. The van der Waals surface area contributed by atoms with Crippen molar-refractivity contribution in [1.29, 1.82) is 0 Å². The smallest absolute Gasteiger partial charge is 0.223 e. The maximum Gasteiger partial charge on any atom is 0.223 e. The van der Waals surface area contributed by atoms with E-state index in [-0.39, 0.29) is 6.10 Å². The second-order valence-corrected chi connectivity index (χ2v) is 5.95. The topological polar surface area (TPSA) is 28.6 Å². The van der Waals surface area contributed by atoms with Crippen LogP contribution in [0.4, 0.5) is 5.69 Å². The largest absolute Gasteiger partial charge is 0.474 e. The van der Waals surface area contributed by atoms with Gasteiger partial charge in [-0.25, -0.2) is 4.98 Å². The Morgan fingerprint density at radius 2 is 1.86 bits per heavy atom. The number of ether oxygens (including phenoxy) is 1. The van der Waals surface area contributed by atoms with Crippen LogP contribution in [-0.4, -0.2) is 49.2 Å². The molecule has 0 atom stereocenters. The SMILES string of the molecule is CC(C)Oc1nccc2cccc(N3CCN(C)CC3)c12. The second-order valence-electron chi connectivity index (χ2n) is 5.95. The number of nitrogens with zero attached hydrogens (tertiary/aromatic N) is 3. The van der Waals surface area contributed by atoms with Gasteiger partial charge in [0.2, 0.25) is 5.88 Å². The van der Waals surface area contributed by atoms with Crippen LogP contribution in [0.15, 0.2) is 30.5 Å². The van der Waals surface area contributed by atoms with Crippen LogP contribution in [0, 0.1) is 0 Å². The molecule has 1 aliphatic rings. The third-order valence-electron chi connectivity index (χ3n) is 3.93. The van der Waals surface area contributed by atoms with Crippen LogP contribution in [0.25, 0.3) is 10.8 Å². The van der Waals surface area contributed by atoms with E-state index in [4.69, 9.17) is 4.74 Å². The summed E-state index contributed by atoms with van der Waals surface area (Å²) in [6.07, 6.45) is 1.96. The first-order chi connectivity index (χ1) is 10.1. The van der Waals surface area contributed by atoms with Crippen molar-refractivity contribution in [3.63, 3.8) is 0 Å². The van der Waals surface area contributed by atoms with Gasteiger partial charge in [-0.2, -0.15) is 0 Å². The van der Waals surface area contributed by atoms with Crippen molar-refractivity contribution in [2.45, 2.75) is 20.0 Å². The summed E-state index contributed by atoms with van der Waals surface area (Å²) in [7, 11) is 2.18. The molecule has 0 aliphatic carbocycles. The molecule has 2 aromatic rings. The van der Waals surface area contributed by atoms with Gasteiger partial charge in [0.05, 0.1) is 17.2 Å². The summed E-state index contributed by atoms with van der Waals surface area (Å²) in [5.74, 6) is 0.747. The molecule has 21 heavy (non-hydrogen) atoms. The Morgan fingerprint density at radius 1 is 1.10 bits per heavy atom. The van der Waals surface area contributed by atoms with Gasteiger partial charge in [0.1, 0.15) is 0 Å². The second kappa shape index (κ2) is 5.90. The molecule has 0 N–H and O–H groups in total. The Bertz CT molecular complexity index is 613. The molecule has 2 heterocycles. The molecule has 0 spiro atoms. The zero-order valence-electron chi connectivity index (χ0n) is 13.0. The van der Waals surface area contributed by atoms with Crippen LogP contribution in [0.1, 0.15) is 13.8 Å². The summed E-state index contributed by atoms with van der Waals surface area (Å²) < 4.78 is 5.93. The van der Waals surface area contributed by atoms with E-state index >= 15 is 0 Å². The van der Waals surface area contributed by atoms with Gasteiger partial charge in [0.25, 0.3) is 0 Å². The van der Waals surface area contributed by atoms with Gasteiger partial charge in [-0.15, -0.1) is 0 Å². The van der Waals surface area contributed by atoms with E-state index < -0.39 is 0 Å². The van der Waals surface area contributed by atoms with E-state index in [1.807, 2.05) is 20.0 Å². The van der Waals surface area contributed by atoms with Gasteiger partial charge in [-0.1, -0.05) is 12.1 Å². The van der Waals surface area contributed by atoms with Gasteiger partial charge in [-0.05, 0) is 38.4 Å². The quantitative estimate of drug-likeness (QED) is 0.867. The maximum atomic E-state index is 5.93. The minimum absolute atomic E-state index is 0.128. The number of aromatic nitrogens is 1. The molecule has 1 aromatic heterocycles. The highest BCUT2D eigenvalue weighted by atomic mass is 16.5. The number of piperazine rings is 1. The van der Waals surface area contributed by atoms with Gasteiger partial charge < -0.3 is 14.5 Å². The molecule has 0 radical (unpaired) electrons. The molecule has 1 aliphatic heterocycles. The molecule has 0 bridgehead atoms. The van der Waals surface area contributed by atoms with Crippen molar-refractivity contribution in [1.82, 2.24) is 9.88 Å². The minimum Gasteiger partial charge on any atom is -0.474 e. The first-order valence-electron chi connectivity index (χ1n) is 7.63. The van der Waals surface area contributed by atoms with Crippen LogP contribution in [0.5, 0.6) is 5.88 Å². The fraction of sp³-hybridized carbons (Fsp3) is 0.471. The molecule has 1 aromatic carbocycles. The molecular formula is C17H23N3O. The highest BCUT2D eigenvalue weighted by molar-refractivity contribution is 5.98. The van der Waals surface area contributed by atoms with Gasteiger partial charge >= 0.3 is 0 Å². The van der Waals surface area contributed by atoms with E-state index in [1.54, 1.807) is 0 Å². The standard InChI is InChI=1S/C17H23N3O/c1-13(2)21-17-16-14(7-8-18-17)5-4-6-15(16)20-11-9-19(3)10-12-20/h4-8,13H,9-12H2,1-3H3. The molecule has 3 rings (SSSR count). The fourth-order valence-electron chi connectivity index (χ4n) is 2.80. The molecular weight excluding hydrogens is 262 g/mol. The van der Waals surface area contributed by atoms with Gasteiger partial charge in [0.15, 0.2) is 0 Å². The number of fused-ring (bicyclic) bond motifs is 1. The minimum atomic E-state index is 0.128. The summed E-state index contributed by atoms with van der Waals surface area (Å²) in [5, 5.41) is 2.33. The Hall–Kier alpha value is -1.81. The van der Waals surface area contributed by atoms with Crippen molar-refractivity contribution in [2.75, 3.05) is 38.1 Å². The summed E-state index contributed by atoms with van der Waals surface area (Å²) in [6.45, 7) is 8.36. The van der Waals surface area contributed by atoms with E-state index in [0.29, 0.717) is 0 Å². The fourth-order valence-corrected chi connectivity index (χ4v) is 2.80. The summed E-state index contributed by atoms with van der Waals surface area (Å²) in [4.78, 5) is 9.27. The molecule has 4 heteroatoms. The molecule has 1 saturated heterocycles. The normalized spacial score (nSPS) is 16.7. The monoisotopic (exact) mass is 285 g/mol. The third-order valence-corrected chi connectivity index (χ3v) is 3.93. The number of likely N-dealkylation sites (N-methyl/N-ethyl adjacent to an activating group) is 1. The first kappa shape index (κ1) is 14.1. The lowest BCUT2D eigenvalue weighted by Gasteiger charge is -2.34. The van der Waals surface area contributed by atoms with E-state index in [9.17, 15) is 0 Å². The molecule has 0 saturated carbocycles. The molecule has 4 nitrogen and oxygen atoms in total. The van der Waals surface area contributed by atoms with Gasteiger partial charge in [0, 0.05) is 32.4 Å². The Morgan fingerprint density at radius 3 is 2.57 bits per heavy atom. The zero-order chi connectivity index (χ0) is 14.8. The maximum absolute atomic E-state index is 5.93. The highest BCUT2D eigenvalue weighted by Crippen LogP contribution is 2.33. The summed E-state index contributed by atoms with van der Waals surface area (Å²) in [6, 6.07) is 8.49. The van der Waals surface area contributed by atoms with Crippen LogP contribution in [0.3, 0.4) is 0 Å². The number of pyridine rings is 1. The molecule has 0 unspecified atom stereocenters. The van der Waals surface area contributed by atoms with Gasteiger partial charge in [-0.3, -0.25) is 0 Å². The van der Waals surface area contributed by atoms with Crippen molar-refractivity contribution in [2.24, 2.45) is 0 Å². The van der Waals surface area contributed by atoms with Crippen LogP contribution >= 0.6 is 0 Å². The van der Waals surface area contributed by atoms with Crippen LogP contribution in [0.2, 0.25) is 0 Å². The predicted octanol–water partition coefficient (Wildman–Crippen LogP) is 2.77. The highest BCUT2D eigenvalue weighted by Gasteiger charge is 2.18. The number of benzene rings is 1. The lowest BCUT2D eigenvalue weighted by atomic mass is 10.1. The Balaban J connectivity index is 2.05. The summed E-state index contributed by atoms with van der Waals surface area (Å²) >= 11 is 0. The summed E-state index contributed by atoms with van der Waals surface area (Å²) in [5.41, 5.74) is 1.24. The Labute approximate surface area is 126 Å². The van der Waals surface area contributed by atoms with E-state index in [0.717, 1.165) is 37.4 Å². The number of hydrogen-bond donors (Lipinski definition) is 0. The average molecular weight is 285 g/mol. The first-order valence-corrected chi connectivity index (χ1v) is 7.63. The zero-order valence-corrected chi connectivity index (χ0v) is 13.0. The van der Waals surface area contributed by atoms with Crippen molar-refractivity contribution in [3.05, 3.63) is 30.5 Å². The lowest BCUT2D eigenvalue weighted by molar-refractivity contribution is 0.236. The molecule has 1 fully saturated rings. The predicted molar refractivity (Wildman–Crippen MR) is 87.2 cm³/mol. The van der Waals surface area contributed by atoms with Crippen molar-refractivity contribution >= 4 is 16.5 Å².